The monoisotopic (exact) mass is 336 g/mol. The highest BCUT2D eigenvalue weighted by Gasteiger charge is 2.28. The van der Waals surface area contributed by atoms with E-state index in [2.05, 4.69) is 34.4 Å². The van der Waals surface area contributed by atoms with Gasteiger partial charge in [-0.2, -0.15) is 0 Å². The van der Waals surface area contributed by atoms with Crippen LogP contribution in [0.1, 0.15) is 26.3 Å². The Bertz CT molecular complexity index is 542. The van der Waals surface area contributed by atoms with Gasteiger partial charge in [-0.15, -0.1) is 0 Å². The molecule has 0 amide bonds. The van der Waals surface area contributed by atoms with E-state index in [0.717, 1.165) is 39.4 Å². The number of nitrogens with zero attached hydrogens (tertiary/aromatic N) is 2. The quantitative estimate of drug-likeness (QED) is 0.616. The SMILES string of the molecule is CCNC(=NCc1ccccc1F)NCC(C)(C)N1CCOCC1. The van der Waals surface area contributed by atoms with Gasteiger partial charge in [-0.3, -0.25) is 4.90 Å². The lowest BCUT2D eigenvalue weighted by molar-refractivity contribution is -0.00834. The van der Waals surface area contributed by atoms with Crippen LogP contribution in [-0.4, -0.2) is 55.8 Å². The molecule has 5 nitrogen and oxygen atoms in total. The first kappa shape index (κ1) is 18.7. The Kier molecular flexibility index (Phi) is 6.99. The normalized spacial score (nSPS) is 16.9. The number of hydrogen-bond acceptors (Lipinski definition) is 3. The van der Waals surface area contributed by atoms with Gasteiger partial charge in [0.05, 0.1) is 19.8 Å². The summed E-state index contributed by atoms with van der Waals surface area (Å²) >= 11 is 0. The van der Waals surface area contributed by atoms with Gasteiger partial charge in [0.25, 0.3) is 0 Å². The maximum absolute atomic E-state index is 13.7. The fraction of sp³-hybridized carbons (Fsp3) is 0.611. The minimum Gasteiger partial charge on any atom is -0.379 e. The Hall–Kier alpha value is -1.66. The molecular formula is C18H29FN4O. The molecule has 1 aliphatic heterocycles. The number of ether oxygens (including phenoxy) is 1. The molecule has 0 saturated carbocycles. The molecule has 1 fully saturated rings. The third-order valence-electron chi connectivity index (χ3n) is 4.27. The molecule has 6 heteroatoms. The van der Waals surface area contributed by atoms with Gasteiger partial charge < -0.3 is 15.4 Å². The second-order valence-corrected chi connectivity index (χ2v) is 6.55. The van der Waals surface area contributed by atoms with Gasteiger partial charge in [-0.05, 0) is 26.8 Å². The molecule has 1 saturated heterocycles. The average molecular weight is 336 g/mol. The lowest BCUT2D eigenvalue weighted by Crippen LogP contribution is -2.56. The van der Waals surface area contributed by atoms with Gasteiger partial charge in [0.2, 0.25) is 0 Å². The van der Waals surface area contributed by atoms with Crippen LogP contribution in [-0.2, 0) is 11.3 Å². The summed E-state index contributed by atoms with van der Waals surface area (Å²) in [5.74, 6) is 0.493. The van der Waals surface area contributed by atoms with Crippen LogP contribution in [0.4, 0.5) is 4.39 Å². The van der Waals surface area contributed by atoms with Gasteiger partial charge in [0.15, 0.2) is 5.96 Å². The van der Waals surface area contributed by atoms with Crippen molar-refractivity contribution in [1.29, 1.82) is 0 Å². The van der Waals surface area contributed by atoms with Gasteiger partial charge in [0.1, 0.15) is 5.82 Å². The second-order valence-electron chi connectivity index (χ2n) is 6.55. The summed E-state index contributed by atoms with van der Waals surface area (Å²) in [6, 6.07) is 6.75. The van der Waals surface area contributed by atoms with Crippen LogP contribution in [0.25, 0.3) is 0 Å². The van der Waals surface area contributed by atoms with Crippen molar-refractivity contribution < 1.29 is 9.13 Å². The molecule has 0 aliphatic carbocycles. The molecule has 134 valence electrons. The molecule has 0 spiro atoms. The topological polar surface area (TPSA) is 48.9 Å². The van der Waals surface area contributed by atoms with Crippen LogP contribution < -0.4 is 10.6 Å². The summed E-state index contributed by atoms with van der Waals surface area (Å²) in [4.78, 5) is 6.92. The van der Waals surface area contributed by atoms with E-state index in [1.165, 1.54) is 6.07 Å². The maximum Gasteiger partial charge on any atom is 0.191 e. The zero-order valence-electron chi connectivity index (χ0n) is 14.9. The number of guanidine groups is 1. The van der Waals surface area contributed by atoms with Crippen LogP contribution in [0.5, 0.6) is 0 Å². The Labute approximate surface area is 144 Å². The zero-order chi connectivity index (χ0) is 17.4. The van der Waals surface area contributed by atoms with Crippen molar-refractivity contribution in [1.82, 2.24) is 15.5 Å². The highest BCUT2D eigenvalue weighted by molar-refractivity contribution is 5.79. The number of hydrogen-bond donors (Lipinski definition) is 2. The van der Waals surface area contributed by atoms with Crippen molar-refractivity contribution in [2.45, 2.75) is 32.9 Å². The minimum absolute atomic E-state index is 0.00202. The van der Waals surface area contributed by atoms with E-state index in [9.17, 15) is 4.39 Å². The maximum atomic E-state index is 13.7. The van der Waals surface area contributed by atoms with Gasteiger partial charge in [-0.25, -0.2) is 9.38 Å². The number of nitrogens with one attached hydrogen (secondary N) is 2. The average Bonchev–Trinajstić information content (AvgIpc) is 2.59. The largest absolute Gasteiger partial charge is 0.379 e. The molecule has 0 bridgehead atoms. The summed E-state index contributed by atoms with van der Waals surface area (Å²) in [5, 5.41) is 6.60. The first-order valence-corrected chi connectivity index (χ1v) is 8.61. The molecule has 1 heterocycles. The van der Waals surface area contributed by atoms with Crippen molar-refractivity contribution in [3.63, 3.8) is 0 Å². The summed E-state index contributed by atoms with van der Waals surface area (Å²) in [5.41, 5.74) is 0.597. The van der Waals surface area contributed by atoms with Crippen LogP contribution in [0.3, 0.4) is 0 Å². The fourth-order valence-electron chi connectivity index (χ4n) is 2.71. The number of rotatable bonds is 6. The molecule has 1 aromatic carbocycles. The van der Waals surface area contributed by atoms with E-state index in [1.807, 2.05) is 13.0 Å². The number of benzene rings is 1. The molecule has 1 aliphatic rings. The summed E-state index contributed by atoms with van der Waals surface area (Å²) < 4.78 is 19.1. The summed E-state index contributed by atoms with van der Waals surface area (Å²) in [7, 11) is 0. The predicted octanol–water partition coefficient (Wildman–Crippen LogP) is 1.99. The zero-order valence-corrected chi connectivity index (χ0v) is 14.9. The third-order valence-corrected chi connectivity index (χ3v) is 4.27. The Morgan fingerprint density at radius 1 is 1.25 bits per heavy atom. The lowest BCUT2D eigenvalue weighted by atomic mass is 10.0. The smallest absolute Gasteiger partial charge is 0.191 e. The molecular weight excluding hydrogens is 307 g/mol. The standard InChI is InChI=1S/C18H29FN4O/c1-4-20-17(21-13-15-7-5-6-8-16(15)19)22-14-18(2,3)23-9-11-24-12-10-23/h5-8H,4,9-14H2,1-3H3,(H2,20,21,22). The van der Waals surface area contributed by atoms with E-state index < -0.39 is 0 Å². The van der Waals surface area contributed by atoms with Crippen molar-refractivity contribution in [3.8, 4) is 0 Å². The van der Waals surface area contributed by atoms with Gasteiger partial charge >= 0.3 is 0 Å². The molecule has 2 rings (SSSR count). The highest BCUT2D eigenvalue weighted by atomic mass is 19.1. The van der Waals surface area contributed by atoms with Crippen molar-refractivity contribution in [3.05, 3.63) is 35.6 Å². The first-order valence-electron chi connectivity index (χ1n) is 8.61. The minimum atomic E-state index is -0.217. The Balaban J connectivity index is 1.94. The number of morpholine rings is 1. The Morgan fingerprint density at radius 3 is 2.62 bits per heavy atom. The molecule has 0 unspecified atom stereocenters. The molecule has 0 aromatic heterocycles. The molecule has 0 radical (unpaired) electrons. The summed E-state index contributed by atoms with van der Waals surface area (Å²) in [6.07, 6.45) is 0. The number of halogens is 1. The molecule has 0 atom stereocenters. The summed E-state index contributed by atoms with van der Waals surface area (Å²) in [6.45, 7) is 11.7. The van der Waals surface area contributed by atoms with Crippen LogP contribution in [0.2, 0.25) is 0 Å². The van der Waals surface area contributed by atoms with Crippen LogP contribution in [0, 0.1) is 5.82 Å². The Morgan fingerprint density at radius 2 is 1.96 bits per heavy atom. The van der Waals surface area contributed by atoms with Gasteiger partial charge in [-0.1, -0.05) is 18.2 Å². The third kappa shape index (κ3) is 5.46. The molecule has 1 aromatic rings. The van der Waals surface area contributed by atoms with Gasteiger partial charge in [0, 0.05) is 37.3 Å². The van der Waals surface area contributed by atoms with Crippen molar-refractivity contribution >= 4 is 5.96 Å². The van der Waals surface area contributed by atoms with Crippen molar-refractivity contribution in [2.75, 3.05) is 39.4 Å². The fourth-order valence-corrected chi connectivity index (χ4v) is 2.71. The predicted molar refractivity (Wildman–Crippen MR) is 95.7 cm³/mol. The van der Waals surface area contributed by atoms with E-state index in [-0.39, 0.29) is 11.4 Å². The van der Waals surface area contributed by atoms with E-state index in [4.69, 9.17) is 4.74 Å². The highest BCUT2D eigenvalue weighted by Crippen LogP contribution is 2.15. The lowest BCUT2D eigenvalue weighted by Gasteiger charge is -2.41. The van der Waals surface area contributed by atoms with E-state index >= 15 is 0 Å². The van der Waals surface area contributed by atoms with Crippen LogP contribution in [0.15, 0.2) is 29.3 Å². The van der Waals surface area contributed by atoms with E-state index in [1.54, 1.807) is 12.1 Å². The first-order chi connectivity index (χ1) is 11.5. The van der Waals surface area contributed by atoms with Crippen molar-refractivity contribution in [2.24, 2.45) is 4.99 Å². The second kappa shape index (κ2) is 8.99. The molecule has 2 N–H and O–H groups in total. The van der Waals surface area contributed by atoms with E-state index in [0.29, 0.717) is 18.1 Å². The van der Waals surface area contributed by atoms with Crippen LogP contribution >= 0.6 is 0 Å². The number of aliphatic imine (C=N–C) groups is 1. The molecule has 24 heavy (non-hydrogen) atoms.